The second-order valence-corrected chi connectivity index (χ2v) is 6.60. The highest BCUT2D eigenvalue weighted by Gasteiger charge is 2.10. The number of amides is 1. The number of nitrogens with zero attached hydrogens (tertiary/aromatic N) is 1. The number of anilines is 1. The monoisotopic (exact) mass is 359 g/mol. The smallest absolute Gasteiger partial charge is 0.238 e. The van der Waals surface area contributed by atoms with Crippen LogP contribution < -0.4 is 10.6 Å². The average molecular weight is 360 g/mol. The molecule has 2 N–H and O–H groups in total. The van der Waals surface area contributed by atoms with Crippen LogP contribution in [0.3, 0.4) is 0 Å². The van der Waals surface area contributed by atoms with E-state index in [4.69, 9.17) is 16.9 Å². The van der Waals surface area contributed by atoms with E-state index in [1.165, 1.54) is 11.8 Å². The van der Waals surface area contributed by atoms with Crippen LogP contribution in [-0.4, -0.2) is 18.2 Å². The Morgan fingerprint density at radius 2 is 1.96 bits per heavy atom. The van der Waals surface area contributed by atoms with Crippen molar-refractivity contribution in [1.29, 1.82) is 5.26 Å². The lowest BCUT2D eigenvalue weighted by atomic mass is 10.1. The van der Waals surface area contributed by atoms with Gasteiger partial charge in [-0.1, -0.05) is 35.9 Å². The maximum atomic E-state index is 12.2. The highest BCUT2D eigenvalue weighted by atomic mass is 35.5. The van der Waals surface area contributed by atoms with Crippen molar-refractivity contribution < 1.29 is 4.79 Å². The second-order valence-electron chi connectivity index (χ2n) is 5.15. The summed E-state index contributed by atoms with van der Waals surface area (Å²) in [6.07, 6.45) is 0. The Hall–Kier alpha value is -2.00. The summed E-state index contributed by atoms with van der Waals surface area (Å²) in [6, 6.07) is 17.1. The minimum absolute atomic E-state index is 0.0382. The fourth-order valence-electron chi connectivity index (χ4n) is 2.12. The third kappa shape index (κ3) is 5.57. The maximum Gasteiger partial charge on any atom is 0.238 e. The third-order valence-electron chi connectivity index (χ3n) is 3.39. The molecule has 0 spiro atoms. The number of nitriles is 1. The Morgan fingerprint density at radius 1 is 1.25 bits per heavy atom. The Bertz CT molecular complexity index is 728. The fraction of sp³-hybridized carbons (Fsp3) is 0.222. The summed E-state index contributed by atoms with van der Waals surface area (Å²) in [5.74, 6) is 0.222. The van der Waals surface area contributed by atoms with Crippen LogP contribution >= 0.6 is 23.4 Å². The van der Waals surface area contributed by atoms with Crippen molar-refractivity contribution in [2.75, 3.05) is 17.6 Å². The van der Waals surface area contributed by atoms with Gasteiger partial charge >= 0.3 is 0 Å². The number of para-hydroxylation sites is 1. The van der Waals surface area contributed by atoms with E-state index < -0.39 is 0 Å². The van der Waals surface area contributed by atoms with Gasteiger partial charge in [0.05, 0.1) is 24.1 Å². The van der Waals surface area contributed by atoms with Crippen molar-refractivity contribution in [2.45, 2.75) is 17.9 Å². The highest BCUT2D eigenvalue weighted by molar-refractivity contribution is 7.99. The number of benzene rings is 2. The van der Waals surface area contributed by atoms with Gasteiger partial charge in [0.1, 0.15) is 0 Å². The lowest BCUT2D eigenvalue weighted by Crippen LogP contribution is -2.30. The molecule has 0 saturated carbocycles. The number of thioether (sulfide) groups is 1. The average Bonchev–Trinajstić information content (AvgIpc) is 2.59. The SMILES string of the molecule is C[C@H](NCC(=O)Nc1ccccc1SCC#N)c1ccc(Cl)cc1. The summed E-state index contributed by atoms with van der Waals surface area (Å²) in [6.45, 7) is 2.19. The number of halogens is 1. The van der Waals surface area contributed by atoms with Gasteiger partial charge in [0.25, 0.3) is 0 Å². The molecule has 0 aliphatic carbocycles. The maximum absolute atomic E-state index is 12.2. The van der Waals surface area contributed by atoms with Gasteiger partial charge in [-0.2, -0.15) is 5.26 Å². The molecule has 0 aromatic heterocycles. The van der Waals surface area contributed by atoms with E-state index in [1.54, 1.807) is 0 Å². The molecule has 2 rings (SSSR count). The van der Waals surface area contributed by atoms with Crippen molar-refractivity contribution in [2.24, 2.45) is 0 Å². The Labute approximate surface area is 151 Å². The number of carbonyl (C=O) groups is 1. The molecule has 124 valence electrons. The van der Waals surface area contributed by atoms with Crippen LogP contribution in [0.5, 0.6) is 0 Å². The van der Waals surface area contributed by atoms with Crippen molar-refractivity contribution in [3.05, 3.63) is 59.1 Å². The highest BCUT2D eigenvalue weighted by Crippen LogP contribution is 2.26. The zero-order chi connectivity index (χ0) is 17.4. The largest absolute Gasteiger partial charge is 0.324 e. The van der Waals surface area contributed by atoms with Crippen molar-refractivity contribution in [1.82, 2.24) is 5.32 Å². The normalized spacial score (nSPS) is 11.5. The topological polar surface area (TPSA) is 64.9 Å². The number of hydrogen-bond acceptors (Lipinski definition) is 4. The molecule has 2 aromatic rings. The molecule has 0 aliphatic heterocycles. The predicted octanol–water partition coefficient (Wildman–Crippen LogP) is 4.24. The van der Waals surface area contributed by atoms with Gasteiger partial charge < -0.3 is 10.6 Å². The zero-order valence-corrected chi connectivity index (χ0v) is 14.8. The van der Waals surface area contributed by atoms with E-state index in [9.17, 15) is 4.79 Å². The summed E-state index contributed by atoms with van der Waals surface area (Å²) in [4.78, 5) is 13.0. The quantitative estimate of drug-likeness (QED) is 0.725. The first-order valence-corrected chi connectivity index (χ1v) is 8.84. The first-order valence-electron chi connectivity index (χ1n) is 7.47. The summed E-state index contributed by atoms with van der Waals surface area (Å²) >= 11 is 7.28. The van der Waals surface area contributed by atoms with E-state index in [0.29, 0.717) is 10.8 Å². The van der Waals surface area contributed by atoms with Crippen molar-refractivity contribution >= 4 is 35.0 Å². The van der Waals surface area contributed by atoms with Crippen LogP contribution in [0.2, 0.25) is 5.02 Å². The van der Waals surface area contributed by atoms with Gasteiger partial charge in [-0.3, -0.25) is 4.79 Å². The van der Waals surface area contributed by atoms with E-state index in [2.05, 4.69) is 16.7 Å². The van der Waals surface area contributed by atoms with Crippen LogP contribution in [0.25, 0.3) is 0 Å². The number of nitrogens with one attached hydrogen (secondary N) is 2. The first kappa shape index (κ1) is 18.3. The molecule has 4 nitrogen and oxygen atoms in total. The van der Waals surface area contributed by atoms with Gasteiger partial charge in [0.2, 0.25) is 5.91 Å². The minimum Gasteiger partial charge on any atom is -0.324 e. The number of rotatable bonds is 7. The molecule has 0 bridgehead atoms. The lowest BCUT2D eigenvalue weighted by molar-refractivity contribution is -0.115. The molecule has 0 unspecified atom stereocenters. The van der Waals surface area contributed by atoms with Gasteiger partial charge in [0, 0.05) is 16.0 Å². The van der Waals surface area contributed by atoms with Crippen LogP contribution in [0.15, 0.2) is 53.4 Å². The van der Waals surface area contributed by atoms with Crippen molar-refractivity contribution in [3.8, 4) is 6.07 Å². The molecule has 24 heavy (non-hydrogen) atoms. The van der Waals surface area contributed by atoms with Crippen LogP contribution in [0.1, 0.15) is 18.5 Å². The minimum atomic E-state index is -0.124. The van der Waals surface area contributed by atoms with Gasteiger partial charge in [-0.15, -0.1) is 11.8 Å². The van der Waals surface area contributed by atoms with Gasteiger partial charge in [-0.25, -0.2) is 0 Å². The third-order valence-corrected chi connectivity index (χ3v) is 4.58. The molecule has 0 heterocycles. The summed E-state index contributed by atoms with van der Waals surface area (Å²) in [7, 11) is 0. The van der Waals surface area contributed by atoms with Gasteiger partial charge in [0.15, 0.2) is 0 Å². The molecule has 0 aliphatic rings. The molecule has 2 aromatic carbocycles. The van der Waals surface area contributed by atoms with Crippen LogP contribution in [0, 0.1) is 11.3 Å². The standard InChI is InChI=1S/C18H18ClN3OS/c1-13(14-6-8-15(19)9-7-14)21-12-18(23)22-16-4-2-3-5-17(16)24-11-10-20/h2-9,13,21H,11-12H2,1H3,(H,22,23)/t13-/m0/s1. The first-order chi connectivity index (χ1) is 11.6. The molecule has 0 fully saturated rings. The predicted molar refractivity (Wildman–Crippen MR) is 99.3 cm³/mol. The van der Waals surface area contributed by atoms with Crippen molar-refractivity contribution in [3.63, 3.8) is 0 Å². The van der Waals surface area contributed by atoms with Crippen LogP contribution in [-0.2, 0) is 4.79 Å². The van der Waals surface area contributed by atoms with Crippen LogP contribution in [0.4, 0.5) is 5.69 Å². The molecule has 0 saturated heterocycles. The Kier molecular flexibility index (Phi) is 7.13. The van der Waals surface area contributed by atoms with E-state index in [0.717, 1.165) is 16.1 Å². The molecular weight excluding hydrogens is 342 g/mol. The second kappa shape index (κ2) is 9.33. The molecular formula is C18H18ClN3OS. The summed E-state index contributed by atoms with van der Waals surface area (Å²) in [5, 5.41) is 15.5. The number of hydrogen-bond donors (Lipinski definition) is 2. The van der Waals surface area contributed by atoms with E-state index >= 15 is 0 Å². The molecule has 0 radical (unpaired) electrons. The van der Waals surface area contributed by atoms with E-state index in [1.807, 2.05) is 55.5 Å². The molecule has 1 amide bonds. The zero-order valence-electron chi connectivity index (χ0n) is 13.3. The Balaban J connectivity index is 1.89. The Morgan fingerprint density at radius 3 is 2.67 bits per heavy atom. The molecule has 6 heteroatoms. The summed E-state index contributed by atoms with van der Waals surface area (Å²) in [5.41, 5.74) is 1.79. The fourth-order valence-corrected chi connectivity index (χ4v) is 2.91. The van der Waals surface area contributed by atoms with Gasteiger partial charge in [-0.05, 0) is 36.8 Å². The lowest BCUT2D eigenvalue weighted by Gasteiger charge is -2.15. The number of carbonyl (C=O) groups excluding carboxylic acids is 1. The molecule has 1 atom stereocenters. The van der Waals surface area contributed by atoms with E-state index in [-0.39, 0.29) is 18.5 Å². The summed E-state index contributed by atoms with van der Waals surface area (Å²) < 4.78 is 0.